The molecule has 0 fully saturated rings. The molecule has 0 aromatic heterocycles. The summed E-state index contributed by atoms with van der Waals surface area (Å²) in [6, 6.07) is 12.5. The van der Waals surface area contributed by atoms with Crippen molar-refractivity contribution in [2.24, 2.45) is 5.10 Å². The number of nitrogens with zero attached hydrogens (tertiary/aromatic N) is 2. The predicted molar refractivity (Wildman–Crippen MR) is 108 cm³/mol. The standard InChI is InChI=1S/C20H20Cl2N2O3/c1-2-3-10-27-15-7-4-13(5-8-15)19-12-17(20(25)26)23-24(19)18-9-6-14(21)11-16(18)22/h4-9,11,19H,2-3,10,12H2,1H3,(H,25,26). The second kappa shape index (κ2) is 8.63. The number of rotatable bonds is 7. The number of benzene rings is 2. The molecule has 0 spiro atoms. The number of halogens is 2. The fourth-order valence-electron chi connectivity index (χ4n) is 2.91. The molecule has 0 saturated heterocycles. The maximum Gasteiger partial charge on any atom is 0.352 e. The Kier molecular flexibility index (Phi) is 6.24. The second-order valence-electron chi connectivity index (χ2n) is 6.28. The number of carbonyl (C=O) groups is 1. The van der Waals surface area contributed by atoms with Gasteiger partial charge in [-0.25, -0.2) is 4.79 Å². The number of hydrogen-bond acceptors (Lipinski definition) is 4. The van der Waals surface area contributed by atoms with E-state index in [1.807, 2.05) is 24.3 Å². The molecule has 1 heterocycles. The van der Waals surface area contributed by atoms with Crippen molar-refractivity contribution in [1.82, 2.24) is 0 Å². The van der Waals surface area contributed by atoms with Crippen LogP contribution in [0.2, 0.25) is 10.0 Å². The second-order valence-corrected chi connectivity index (χ2v) is 7.13. The van der Waals surface area contributed by atoms with Gasteiger partial charge in [-0.05, 0) is 42.3 Å². The molecule has 7 heteroatoms. The number of unbranched alkanes of at least 4 members (excludes halogenated alkanes) is 1. The molecule has 1 atom stereocenters. The van der Waals surface area contributed by atoms with E-state index in [-0.39, 0.29) is 18.2 Å². The largest absolute Gasteiger partial charge is 0.494 e. The summed E-state index contributed by atoms with van der Waals surface area (Å²) < 4.78 is 5.70. The molecule has 3 rings (SSSR count). The van der Waals surface area contributed by atoms with Crippen LogP contribution >= 0.6 is 23.2 Å². The Labute approximate surface area is 168 Å². The lowest BCUT2D eigenvalue weighted by molar-refractivity contribution is -0.129. The Hall–Kier alpha value is -2.24. The van der Waals surface area contributed by atoms with Crippen molar-refractivity contribution in [2.45, 2.75) is 32.2 Å². The van der Waals surface area contributed by atoms with E-state index in [1.54, 1.807) is 23.2 Å². The summed E-state index contributed by atoms with van der Waals surface area (Å²) in [6.07, 6.45) is 2.36. The van der Waals surface area contributed by atoms with Gasteiger partial charge in [0.1, 0.15) is 11.5 Å². The number of hydrogen-bond donors (Lipinski definition) is 1. The van der Waals surface area contributed by atoms with Gasteiger partial charge in [-0.15, -0.1) is 0 Å². The predicted octanol–water partition coefficient (Wildman–Crippen LogP) is 5.56. The molecule has 0 amide bonds. The number of aliphatic carboxylic acids is 1. The highest BCUT2D eigenvalue weighted by molar-refractivity contribution is 6.38. The lowest BCUT2D eigenvalue weighted by atomic mass is 10.0. The van der Waals surface area contributed by atoms with Crippen molar-refractivity contribution in [1.29, 1.82) is 0 Å². The van der Waals surface area contributed by atoms with Gasteiger partial charge >= 0.3 is 5.97 Å². The van der Waals surface area contributed by atoms with Gasteiger partial charge in [0.2, 0.25) is 0 Å². The lowest BCUT2D eigenvalue weighted by Gasteiger charge is -2.25. The van der Waals surface area contributed by atoms with Crippen molar-refractivity contribution >= 4 is 40.6 Å². The minimum Gasteiger partial charge on any atom is -0.494 e. The van der Waals surface area contributed by atoms with Crippen molar-refractivity contribution in [2.75, 3.05) is 11.6 Å². The van der Waals surface area contributed by atoms with Crippen molar-refractivity contribution < 1.29 is 14.6 Å². The molecule has 2 aromatic rings. The molecule has 142 valence electrons. The summed E-state index contributed by atoms with van der Waals surface area (Å²) in [7, 11) is 0. The van der Waals surface area contributed by atoms with Crippen LogP contribution in [0.25, 0.3) is 0 Å². The van der Waals surface area contributed by atoms with Crippen LogP contribution in [-0.2, 0) is 4.79 Å². The Balaban J connectivity index is 1.87. The lowest BCUT2D eigenvalue weighted by Crippen LogP contribution is -2.19. The molecule has 1 unspecified atom stereocenters. The van der Waals surface area contributed by atoms with Crippen molar-refractivity contribution in [3.8, 4) is 5.75 Å². The maximum absolute atomic E-state index is 11.5. The molecule has 5 nitrogen and oxygen atoms in total. The van der Waals surface area contributed by atoms with E-state index in [2.05, 4.69) is 12.0 Å². The Bertz CT molecular complexity index is 853. The van der Waals surface area contributed by atoms with E-state index in [9.17, 15) is 9.90 Å². The first-order valence-electron chi connectivity index (χ1n) is 8.77. The molecular formula is C20H20Cl2N2O3. The van der Waals surface area contributed by atoms with E-state index in [4.69, 9.17) is 27.9 Å². The number of carboxylic acid groups (broad SMARTS) is 1. The van der Waals surface area contributed by atoms with Gasteiger partial charge in [0.05, 0.1) is 23.4 Å². The summed E-state index contributed by atoms with van der Waals surface area (Å²) in [5.41, 5.74) is 1.64. The number of hydrazone groups is 1. The van der Waals surface area contributed by atoms with E-state index in [0.29, 0.717) is 22.3 Å². The third kappa shape index (κ3) is 4.54. The zero-order valence-electron chi connectivity index (χ0n) is 14.9. The van der Waals surface area contributed by atoms with Crippen LogP contribution in [0.3, 0.4) is 0 Å². The Morgan fingerprint density at radius 3 is 2.63 bits per heavy atom. The van der Waals surface area contributed by atoms with Crippen LogP contribution in [0.4, 0.5) is 5.69 Å². The number of anilines is 1. The molecule has 0 bridgehead atoms. The van der Waals surface area contributed by atoms with Crippen LogP contribution in [0, 0.1) is 0 Å². The fraction of sp³-hybridized carbons (Fsp3) is 0.300. The number of carboxylic acids is 1. The first-order chi connectivity index (χ1) is 13.0. The average Bonchev–Trinajstić information content (AvgIpc) is 3.08. The van der Waals surface area contributed by atoms with Gasteiger partial charge in [-0.3, -0.25) is 5.01 Å². The summed E-state index contributed by atoms with van der Waals surface area (Å²) >= 11 is 12.3. The highest BCUT2D eigenvalue weighted by atomic mass is 35.5. The molecule has 1 aliphatic rings. The molecule has 0 radical (unpaired) electrons. The van der Waals surface area contributed by atoms with Gasteiger partial charge in [-0.2, -0.15) is 5.10 Å². The topological polar surface area (TPSA) is 62.1 Å². The average molecular weight is 407 g/mol. The van der Waals surface area contributed by atoms with E-state index in [1.165, 1.54) is 0 Å². The Morgan fingerprint density at radius 2 is 2.00 bits per heavy atom. The number of ether oxygens (including phenoxy) is 1. The molecule has 1 aliphatic heterocycles. The summed E-state index contributed by atoms with van der Waals surface area (Å²) in [5, 5.41) is 16.2. The highest BCUT2D eigenvalue weighted by Crippen LogP contribution is 2.39. The van der Waals surface area contributed by atoms with Gasteiger partial charge in [0.15, 0.2) is 0 Å². The SMILES string of the molecule is CCCCOc1ccc(C2CC(C(=O)O)=NN2c2ccc(Cl)cc2Cl)cc1. The Morgan fingerprint density at radius 1 is 1.26 bits per heavy atom. The third-order valence-electron chi connectivity index (χ3n) is 4.35. The van der Waals surface area contributed by atoms with Gasteiger partial charge in [-0.1, -0.05) is 48.7 Å². The molecule has 2 aromatic carbocycles. The molecular weight excluding hydrogens is 387 g/mol. The van der Waals surface area contributed by atoms with E-state index >= 15 is 0 Å². The quantitative estimate of drug-likeness (QED) is 0.610. The van der Waals surface area contributed by atoms with Crippen molar-refractivity contribution in [3.05, 3.63) is 58.1 Å². The smallest absolute Gasteiger partial charge is 0.352 e. The molecule has 1 N–H and O–H groups in total. The van der Waals surface area contributed by atoms with Gasteiger partial charge in [0.25, 0.3) is 0 Å². The van der Waals surface area contributed by atoms with Crippen LogP contribution < -0.4 is 9.75 Å². The van der Waals surface area contributed by atoms with Gasteiger partial charge < -0.3 is 9.84 Å². The summed E-state index contributed by atoms with van der Waals surface area (Å²) in [5.74, 6) is -0.243. The summed E-state index contributed by atoms with van der Waals surface area (Å²) in [6.45, 7) is 2.79. The van der Waals surface area contributed by atoms with Crippen LogP contribution in [0.15, 0.2) is 47.6 Å². The molecule has 0 aliphatic carbocycles. The zero-order chi connectivity index (χ0) is 19.4. The van der Waals surface area contributed by atoms with E-state index < -0.39 is 5.97 Å². The van der Waals surface area contributed by atoms with Crippen LogP contribution in [-0.4, -0.2) is 23.4 Å². The molecule has 27 heavy (non-hydrogen) atoms. The van der Waals surface area contributed by atoms with E-state index in [0.717, 1.165) is 24.2 Å². The fourth-order valence-corrected chi connectivity index (χ4v) is 3.40. The van der Waals surface area contributed by atoms with Crippen molar-refractivity contribution in [3.63, 3.8) is 0 Å². The first-order valence-corrected chi connectivity index (χ1v) is 9.53. The zero-order valence-corrected chi connectivity index (χ0v) is 16.4. The third-order valence-corrected chi connectivity index (χ3v) is 4.88. The highest BCUT2D eigenvalue weighted by Gasteiger charge is 2.33. The maximum atomic E-state index is 11.5. The minimum atomic E-state index is -1.04. The minimum absolute atomic E-state index is 0.0919. The normalized spacial score (nSPS) is 16.3. The monoisotopic (exact) mass is 406 g/mol. The molecule has 0 saturated carbocycles. The van der Waals surface area contributed by atoms with Gasteiger partial charge in [0, 0.05) is 11.4 Å². The van der Waals surface area contributed by atoms with Crippen LogP contribution in [0.1, 0.15) is 37.8 Å². The van der Waals surface area contributed by atoms with Crippen LogP contribution in [0.5, 0.6) is 5.75 Å². The summed E-state index contributed by atoms with van der Waals surface area (Å²) in [4.78, 5) is 11.5. The first kappa shape index (κ1) is 19.5.